The summed E-state index contributed by atoms with van der Waals surface area (Å²) in [4.78, 5) is 14.1. The van der Waals surface area contributed by atoms with Crippen molar-refractivity contribution in [1.82, 2.24) is 4.90 Å². The lowest BCUT2D eigenvalue weighted by Crippen LogP contribution is -2.44. The quantitative estimate of drug-likeness (QED) is 0.310. The van der Waals surface area contributed by atoms with Crippen LogP contribution in [0.4, 0.5) is 0 Å². The Morgan fingerprint density at radius 1 is 0.947 bits per heavy atom. The van der Waals surface area contributed by atoms with Crippen LogP contribution in [0.5, 0.6) is 0 Å². The molecular weight excluding hydrogens is 474 g/mol. The summed E-state index contributed by atoms with van der Waals surface area (Å²) in [5, 5.41) is 22.7. The molecule has 0 aliphatic carbocycles. The van der Waals surface area contributed by atoms with Crippen molar-refractivity contribution in [1.29, 1.82) is 0 Å². The number of carbonyl (C=O) groups is 1. The van der Waals surface area contributed by atoms with Crippen molar-refractivity contribution in [2.24, 2.45) is 5.92 Å². The zero-order chi connectivity index (χ0) is 26.1. The highest BCUT2D eigenvalue weighted by molar-refractivity contribution is 5.72. The van der Waals surface area contributed by atoms with Crippen LogP contribution in [-0.2, 0) is 21.6 Å². The Bertz CT molecular complexity index is 1050. The molecule has 0 radical (unpaired) electrons. The normalized spacial score (nSPS) is 15.4. The molecule has 1 atom stereocenters. The number of hydrogen-bond donors (Lipinski definition) is 2. The van der Waals surface area contributed by atoms with E-state index >= 15 is 0 Å². The lowest BCUT2D eigenvalue weighted by molar-refractivity contribution is -0.142. The molecular formula is C33H43NO4. The van der Waals surface area contributed by atoms with Gasteiger partial charge in [-0.3, -0.25) is 4.79 Å². The van der Waals surface area contributed by atoms with Crippen molar-refractivity contribution in [3.8, 4) is 0 Å². The molecule has 0 aromatic heterocycles. The second kappa shape index (κ2) is 14.2. The number of benzene rings is 3. The smallest absolute Gasteiger partial charge is 0.310 e. The van der Waals surface area contributed by atoms with E-state index in [9.17, 15) is 15.0 Å². The number of hydrogen-bond acceptors (Lipinski definition) is 5. The molecule has 5 heteroatoms. The van der Waals surface area contributed by atoms with Gasteiger partial charge in [0, 0.05) is 0 Å². The van der Waals surface area contributed by atoms with Crippen molar-refractivity contribution in [3.05, 3.63) is 107 Å². The molecule has 4 rings (SSSR count). The first-order chi connectivity index (χ1) is 18.0. The fraction of sp³-hybridized carbons (Fsp3) is 0.424. The van der Waals surface area contributed by atoms with Gasteiger partial charge in [0.1, 0.15) is 5.60 Å². The summed E-state index contributed by atoms with van der Waals surface area (Å²) in [5.74, 6) is -0.0854. The highest BCUT2D eigenvalue weighted by Crippen LogP contribution is 2.41. The summed E-state index contributed by atoms with van der Waals surface area (Å²) in [6.07, 6.45) is 3.17. The third-order valence-electron chi connectivity index (χ3n) is 7.58. The number of nitrogens with zero attached hydrogens (tertiary/aromatic N) is 1. The number of rotatable bonds is 11. The van der Waals surface area contributed by atoms with Crippen LogP contribution in [0.1, 0.15) is 68.4 Å². The van der Waals surface area contributed by atoms with Crippen LogP contribution in [0, 0.1) is 5.92 Å². The van der Waals surface area contributed by atoms with Crippen LogP contribution in [0.2, 0.25) is 0 Å². The molecule has 1 fully saturated rings. The number of esters is 1. The lowest BCUT2D eigenvalue weighted by Gasteiger charge is -2.42. The monoisotopic (exact) mass is 517 g/mol. The summed E-state index contributed by atoms with van der Waals surface area (Å²) in [6, 6.07) is 27.7. The van der Waals surface area contributed by atoms with E-state index in [0.29, 0.717) is 13.0 Å². The fourth-order valence-electron chi connectivity index (χ4n) is 5.51. The van der Waals surface area contributed by atoms with Crippen LogP contribution >= 0.6 is 0 Å². The molecule has 1 heterocycles. The highest BCUT2D eigenvalue weighted by Gasteiger charge is 2.41. The predicted molar refractivity (Wildman–Crippen MR) is 153 cm³/mol. The van der Waals surface area contributed by atoms with Gasteiger partial charge in [0.25, 0.3) is 0 Å². The van der Waals surface area contributed by atoms with Crippen molar-refractivity contribution >= 4 is 5.97 Å². The number of aliphatic hydroxyl groups excluding tert-OH is 1. The Labute approximate surface area is 228 Å². The van der Waals surface area contributed by atoms with Crippen LogP contribution in [-0.4, -0.2) is 47.3 Å². The molecule has 204 valence electrons. The average molecular weight is 518 g/mol. The number of likely N-dealkylation sites (tertiary alicyclic amines) is 1. The van der Waals surface area contributed by atoms with Gasteiger partial charge < -0.3 is 19.8 Å². The zero-order valence-electron chi connectivity index (χ0n) is 21.8. The van der Waals surface area contributed by atoms with Crippen molar-refractivity contribution < 1.29 is 19.7 Å². The summed E-state index contributed by atoms with van der Waals surface area (Å²) >= 11 is 0. The second-order valence-electron chi connectivity index (χ2n) is 10.00. The average Bonchev–Trinajstić information content (AvgIpc) is 2.94. The first kappa shape index (κ1) is 29.6. The third-order valence-corrected chi connectivity index (χ3v) is 7.58. The minimum atomic E-state index is -0.996. The van der Waals surface area contributed by atoms with Gasteiger partial charge in [-0.25, -0.2) is 0 Å². The first-order valence-corrected chi connectivity index (χ1v) is 13.5. The zero-order valence-corrected chi connectivity index (χ0v) is 21.8. The van der Waals surface area contributed by atoms with Crippen LogP contribution < -0.4 is 0 Å². The van der Waals surface area contributed by atoms with E-state index in [1.54, 1.807) is 6.92 Å². The van der Waals surface area contributed by atoms with Crippen molar-refractivity contribution in [2.75, 3.05) is 26.2 Å². The van der Waals surface area contributed by atoms with Crippen molar-refractivity contribution in [2.45, 2.75) is 58.2 Å². The molecule has 0 amide bonds. The Hall–Kier alpha value is -2.99. The number of ether oxygens (including phenoxy) is 1. The van der Waals surface area contributed by atoms with Crippen LogP contribution in [0.3, 0.4) is 0 Å². The standard InChI is InChI=1S/C32H39NO4.CH4/c1-2-37-31(35)24-25-15-17-26(18-16-25)30(34)14-9-21-33-22-19-29(20-23-33)32(36,27-10-5-3-6-11-27)28-12-7-4-8-13-28;/h3-8,10-13,15-18,29-30,34,36H,2,9,14,19-24H2,1H3;1H4. The molecule has 1 aliphatic heterocycles. The molecule has 0 bridgehead atoms. The predicted octanol–water partition coefficient (Wildman–Crippen LogP) is 5.89. The molecule has 38 heavy (non-hydrogen) atoms. The van der Waals surface area contributed by atoms with Gasteiger partial charge in [0.2, 0.25) is 0 Å². The first-order valence-electron chi connectivity index (χ1n) is 13.5. The van der Waals surface area contributed by atoms with Gasteiger partial charge in [-0.1, -0.05) is 92.4 Å². The largest absolute Gasteiger partial charge is 0.466 e. The third kappa shape index (κ3) is 7.31. The van der Waals surface area contributed by atoms with E-state index in [1.165, 1.54) is 0 Å². The van der Waals surface area contributed by atoms with E-state index in [-0.39, 0.29) is 25.7 Å². The molecule has 1 aliphatic rings. The van der Waals surface area contributed by atoms with E-state index in [2.05, 4.69) is 4.90 Å². The number of aliphatic hydroxyl groups is 2. The SMILES string of the molecule is C.CCOC(=O)Cc1ccc(C(O)CCCN2CCC(C(O)(c3ccccc3)c3ccccc3)CC2)cc1. The van der Waals surface area contributed by atoms with Gasteiger partial charge >= 0.3 is 5.97 Å². The van der Waals surface area contributed by atoms with E-state index < -0.39 is 11.7 Å². The Kier molecular flexibility index (Phi) is 11.1. The van der Waals surface area contributed by atoms with E-state index in [0.717, 1.165) is 61.2 Å². The summed E-state index contributed by atoms with van der Waals surface area (Å²) in [6.45, 7) is 4.99. The van der Waals surface area contributed by atoms with Gasteiger partial charge in [-0.05, 0) is 80.4 Å². The molecule has 0 saturated carbocycles. The highest BCUT2D eigenvalue weighted by atomic mass is 16.5. The number of piperidine rings is 1. The topological polar surface area (TPSA) is 70.0 Å². The minimum absolute atomic E-state index is 0. The van der Waals surface area contributed by atoms with Crippen molar-refractivity contribution in [3.63, 3.8) is 0 Å². The molecule has 3 aromatic rings. The van der Waals surface area contributed by atoms with Gasteiger partial charge in [-0.15, -0.1) is 0 Å². The van der Waals surface area contributed by atoms with E-state index in [4.69, 9.17) is 4.74 Å². The minimum Gasteiger partial charge on any atom is -0.466 e. The van der Waals surface area contributed by atoms with Gasteiger partial charge in [0.15, 0.2) is 0 Å². The van der Waals surface area contributed by atoms with E-state index in [1.807, 2.05) is 84.9 Å². The van der Waals surface area contributed by atoms with Crippen LogP contribution in [0.25, 0.3) is 0 Å². The maximum atomic E-state index is 12.1. The van der Waals surface area contributed by atoms with Crippen LogP contribution in [0.15, 0.2) is 84.9 Å². The second-order valence-corrected chi connectivity index (χ2v) is 10.00. The Balaban J connectivity index is 0.00000400. The molecule has 1 unspecified atom stereocenters. The summed E-state index contributed by atoms with van der Waals surface area (Å²) < 4.78 is 5.00. The maximum Gasteiger partial charge on any atom is 0.310 e. The molecule has 3 aromatic carbocycles. The molecule has 0 spiro atoms. The molecule has 1 saturated heterocycles. The lowest BCUT2D eigenvalue weighted by atomic mass is 9.72. The summed E-state index contributed by atoms with van der Waals surface area (Å²) in [5.41, 5.74) is 2.68. The molecule has 5 nitrogen and oxygen atoms in total. The number of carbonyl (C=O) groups excluding carboxylic acids is 1. The van der Waals surface area contributed by atoms with Gasteiger partial charge in [0.05, 0.1) is 19.1 Å². The maximum absolute atomic E-state index is 12.1. The fourth-order valence-corrected chi connectivity index (χ4v) is 5.51. The van der Waals surface area contributed by atoms with Gasteiger partial charge in [-0.2, -0.15) is 0 Å². The Morgan fingerprint density at radius 2 is 1.50 bits per heavy atom. The summed E-state index contributed by atoms with van der Waals surface area (Å²) in [7, 11) is 0. The molecule has 2 N–H and O–H groups in total. The Morgan fingerprint density at radius 3 is 2.03 bits per heavy atom.